The third-order valence-corrected chi connectivity index (χ3v) is 2.34. The molecule has 1 N–H and O–H groups in total. The number of alkyl halides is 3. The van der Waals surface area contributed by atoms with Crippen LogP contribution in [0.2, 0.25) is 0 Å². The first-order valence-electron chi connectivity index (χ1n) is 4.90. The summed E-state index contributed by atoms with van der Waals surface area (Å²) in [7, 11) is 0. The highest BCUT2D eigenvalue weighted by atomic mass is 19.4. The Kier molecular flexibility index (Phi) is 3.04. The number of hydrogen-bond donors (Lipinski definition) is 1. The summed E-state index contributed by atoms with van der Waals surface area (Å²) in [6.07, 6.45) is -4.54. The number of aryl methyl sites for hydroxylation is 1. The molecule has 0 aliphatic heterocycles. The summed E-state index contributed by atoms with van der Waals surface area (Å²) in [5, 5.41) is 19.2. The van der Waals surface area contributed by atoms with E-state index in [0.717, 1.165) is 12.1 Å². The molecular weight excluding hydrogens is 251 g/mol. The maximum Gasteiger partial charge on any atom is 0.435 e. The Morgan fingerprint density at radius 2 is 2.00 bits per heavy atom. The van der Waals surface area contributed by atoms with Crippen molar-refractivity contribution in [1.29, 1.82) is 0 Å². The molecule has 2 aromatic heterocycles. The second-order valence-corrected chi connectivity index (χ2v) is 3.53. The zero-order valence-corrected chi connectivity index (χ0v) is 9.19. The summed E-state index contributed by atoms with van der Waals surface area (Å²) >= 11 is 0. The van der Waals surface area contributed by atoms with Crippen molar-refractivity contribution in [3.8, 4) is 11.4 Å². The molecule has 2 aromatic rings. The number of halogens is 3. The van der Waals surface area contributed by atoms with Crippen LogP contribution in [0.3, 0.4) is 0 Å². The topological polar surface area (TPSA) is 72.0 Å². The van der Waals surface area contributed by atoms with E-state index >= 15 is 0 Å². The van der Waals surface area contributed by atoms with Crippen molar-refractivity contribution >= 4 is 0 Å². The van der Waals surface area contributed by atoms with Gasteiger partial charge in [-0.05, 0) is 19.1 Å². The SMILES string of the molecule is Cc1onc(-c2ccc(C(F)(F)F)nn2)c1CO. The second kappa shape index (κ2) is 4.37. The first-order valence-corrected chi connectivity index (χ1v) is 4.90. The predicted molar refractivity (Wildman–Crippen MR) is 53.2 cm³/mol. The lowest BCUT2D eigenvalue weighted by Gasteiger charge is -2.04. The van der Waals surface area contributed by atoms with E-state index < -0.39 is 11.9 Å². The minimum Gasteiger partial charge on any atom is -0.391 e. The van der Waals surface area contributed by atoms with Gasteiger partial charge in [0.15, 0.2) is 5.69 Å². The van der Waals surface area contributed by atoms with E-state index in [1.807, 2.05) is 0 Å². The van der Waals surface area contributed by atoms with Crippen molar-refractivity contribution in [1.82, 2.24) is 15.4 Å². The zero-order chi connectivity index (χ0) is 13.3. The van der Waals surface area contributed by atoms with Crippen molar-refractivity contribution < 1.29 is 22.8 Å². The quantitative estimate of drug-likeness (QED) is 0.892. The molecule has 0 spiro atoms. The van der Waals surface area contributed by atoms with Gasteiger partial charge < -0.3 is 9.63 Å². The summed E-state index contributed by atoms with van der Waals surface area (Å²) in [5.41, 5.74) is -0.402. The second-order valence-electron chi connectivity index (χ2n) is 3.53. The van der Waals surface area contributed by atoms with Gasteiger partial charge in [0.25, 0.3) is 0 Å². The van der Waals surface area contributed by atoms with E-state index in [0.29, 0.717) is 11.3 Å². The van der Waals surface area contributed by atoms with Crippen LogP contribution in [0.25, 0.3) is 11.4 Å². The fourth-order valence-electron chi connectivity index (χ4n) is 1.39. The lowest BCUT2D eigenvalue weighted by molar-refractivity contribution is -0.141. The molecule has 0 saturated heterocycles. The highest BCUT2D eigenvalue weighted by Crippen LogP contribution is 2.29. The Balaban J connectivity index is 2.40. The molecule has 96 valence electrons. The van der Waals surface area contributed by atoms with Gasteiger partial charge in [0, 0.05) is 5.56 Å². The maximum atomic E-state index is 12.3. The van der Waals surface area contributed by atoms with Crippen LogP contribution in [0.1, 0.15) is 17.0 Å². The Hall–Kier alpha value is -1.96. The standard InChI is InChI=1S/C10H8F3N3O2/c1-5-6(4-17)9(16-18-5)7-2-3-8(15-14-7)10(11,12)13/h2-3,17H,4H2,1H3. The molecule has 2 heterocycles. The normalized spacial score (nSPS) is 11.8. The number of rotatable bonds is 2. The van der Waals surface area contributed by atoms with E-state index in [4.69, 9.17) is 9.63 Å². The molecule has 2 rings (SSSR count). The average Bonchev–Trinajstić information content (AvgIpc) is 2.69. The van der Waals surface area contributed by atoms with E-state index in [-0.39, 0.29) is 18.0 Å². The summed E-state index contributed by atoms with van der Waals surface area (Å²) in [5.74, 6) is 0.384. The first kappa shape index (κ1) is 12.5. The molecule has 0 radical (unpaired) electrons. The molecular formula is C10H8F3N3O2. The predicted octanol–water partition coefficient (Wildman–Crippen LogP) is 1.95. The van der Waals surface area contributed by atoms with Crippen LogP contribution < -0.4 is 0 Å². The monoisotopic (exact) mass is 259 g/mol. The summed E-state index contributed by atoms with van der Waals surface area (Å²) in [6, 6.07) is 1.93. The lowest BCUT2D eigenvalue weighted by Crippen LogP contribution is -2.09. The Bertz CT molecular complexity index is 548. The Labute approximate surface area is 99.2 Å². The average molecular weight is 259 g/mol. The van der Waals surface area contributed by atoms with Crippen molar-refractivity contribution in [2.45, 2.75) is 19.7 Å². The largest absolute Gasteiger partial charge is 0.435 e. The minimum absolute atomic E-state index is 0.115. The molecule has 5 nitrogen and oxygen atoms in total. The van der Waals surface area contributed by atoms with E-state index in [1.165, 1.54) is 0 Å². The van der Waals surface area contributed by atoms with Crippen LogP contribution in [0.15, 0.2) is 16.7 Å². The van der Waals surface area contributed by atoms with Crippen molar-refractivity contribution in [3.05, 3.63) is 29.2 Å². The van der Waals surface area contributed by atoms with Crippen molar-refractivity contribution in [2.24, 2.45) is 0 Å². The zero-order valence-electron chi connectivity index (χ0n) is 9.19. The molecule has 0 saturated carbocycles. The molecule has 0 unspecified atom stereocenters. The minimum atomic E-state index is -4.54. The fraction of sp³-hybridized carbons (Fsp3) is 0.300. The van der Waals surface area contributed by atoms with Gasteiger partial charge in [0.2, 0.25) is 0 Å². The van der Waals surface area contributed by atoms with Crippen LogP contribution in [-0.4, -0.2) is 20.5 Å². The number of nitrogens with zero attached hydrogens (tertiary/aromatic N) is 3. The van der Waals surface area contributed by atoms with Gasteiger partial charge in [-0.3, -0.25) is 0 Å². The summed E-state index contributed by atoms with van der Waals surface area (Å²) in [4.78, 5) is 0. The highest BCUT2D eigenvalue weighted by Gasteiger charge is 2.33. The molecule has 8 heteroatoms. The molecule has 0 aliphatic carbocycles. The first-order chi connectivity index (χ1) is 8.43. The Morgan fingerprint density at radius 1 is 1.28 bits per heavy atom. The highest BCUT2D eigenvalue weighted by molar-refractivity contribution is 5.58. The number of aliphatic hydroxyl groups excluding tert-OH is 1. The number of hydrogen-bond acceptors (Lipinski definition) is 5. The van der Waals surface area contributed by atoms with Crippen LogP contribution in [0.5, 0.6) is 0 Å². The van der Waals surface area contributed by atoms with Crippen LogP contribution >= 0.6 is 0 Å². The molecule has 0 atom stereocenters. The smallest absolute Gasteiger partial charge is 0.391 e. The van der Waals surface area contributed by atoms with E-state index in [2.05, 4.69) is 15.4 Å². The van der Waals surface area contributed by atoms with Gasteiger partial charge in [-0.2, -0.15) is 13.2 Å². The van der Waals surface area contributed by atoms with Gasteiger partial charge in [0.1, 0.15) is 17.1 Å². The maximum absolute atomic E-state index is 12.3. The van der Waals surface area contributed by atoms with E-state index in [1.54, 1.807) is 6.92 Å². The van der Waals surface area contributed by atoms with Gasteiger partial charge in [-0.15, -0.1) is 10.2 Å². The molecule has 0 aromatic carbocycles. The number of aromatic nitrogens is 3. The summed E-state index contributed by atoms with van der Waals surface area (Å²) in [6.45, 7) is 1.24. The fourth-order valence-corrected chi connectivity index (χ4v) is 1.39. The molecule has 0 fully saturated rings. The number of aliphatic hydroxyl groups is 1. The van der Waals surface area contributed by atoms with Crippen molar-refractivity contribution in [2.75, 3.05) is 0 Å². The van der Waals surface area contributed by atoms with Gasteiger partial charge in [0.05, 0.1) is 6.61 Å². The molecule has 0 aliphatic rings. The van der Waals surface area contributed by atoms with Gasteiger partial charge >= 0.3 is 6.18 Å². The van der Waals surface area contributed by atoms with Gasteiger partial charge in [-0.1, -0.05) is 5.16 Å². The molecule has 18 heavy (non-hydrogen) atoms. The third kappa shape index (κ3) is 2.19. The van der Waals surface area contributed by atoms with Gasteiger partial charge in [-0.25, -0.2) is 0 Å². The lowest BCUT2D eigenvalue weighted by atomic mass is 10.1. The third-order valence-electron chi connectivity index (χ3n) is 2.34. The molecule has 0 bridgehead atoms. The summed E-state index contributed by atoms with van der Waals surface area (Å²) < 4.78 is 41.7. The van der Waals surface area contributed by atoms with Crippen LogP contribution in [0, 0.1) is 6.92 Å². The Morgan fingerprint density at radius 3 is 2.50 bits per heavy atom. The van der Waals surface area contributed by atoms with Crippen LogP contribution in [0.4, 0.5) is 13.2 Å². The van der Waals surface area contributed by atoms with E-state index in [9.17, 15) is 13.2 Å². The molecule has 0 amide bonds. The van der Waals surface area contributed by atoms with Crippen molar-refractivity contribution in [3.63, 3.8) is 0 Å². The van der Waals surface area contributed by atoms with Crippen LogP contribution in [-0.2, 0) is 12.8 Å².